The number of fused-ring (bicyclic) bond motifs is 1. The van der Waals surface area contributed by atoms with Crippen LogP contribution in [-0.4, -0.2) is 12.6 Å². The fourth-order valence-electron chi connectivity index (χ4n) is 2.79. The molecule has 1 aromatic rings. The van der Waals surface area contributed by atoms with E-state index >= 15 is 0 Å². The van der Waals surface area contributed by atoms with Crippen molar-refractivity contribution in [1.82, 2.24) is 5.32 Å². The minimum Gasteiger partial charge on any atom is -0.315 e. The van der Waals surface area contributed by atoms with Crippen LogP contribution in [0.1, 0.15) is 37.0 Å². The predicted molar refractivity (Wildman–Crippen MR) is 69.8 cm³/mol. The number of hydrogen-bond donors (Lipinski definition) is 1. The third-order valence-electron chi connectivity index (χ3n) is 4.38. The van der Waals surface area contributed by atoms with Crippen molar-refractivity contribution in [3.8, 4) is 0 Å². The van der Waals surface area contributed by atoms with Crippen molar-refractivity contribution in [2.45, 2.75) is 45.6 Å². The third kappa shape index (κ3) is 2.01. The Bertz CT molecular complexity index is 379. The number of aryl methyl sites for hydroxylation is 2. The summed E-state index contributed by atoms with van der Waals surface area (Å²) in [5, 5.41) is 3.46. The lowest BCUT2D eigenvalue weighted by molar-refractivity contribution is 0.243. The zero-order valence-electron chi connectivity index (χ0n) is 10.9. The molecule has 0 bridgehead atoms. The zero-order chi connectivity index (χ0) is 11.8. The Morgan fingerprint density at radius 1 is 1.31 bits per heavy atom. The molecule has 0 amide bonds. The second kappa shape index (κ2) is 4.21. The van der Waals surface area contributed by atoms with E-state index in [9.17, 15) is 0 Å². The molecule has 88 valence electrons. The fourth-order valence-corrected chi connectivity index (χ4v) is 2.79. The van der Waals surface area contributed by atoms with Crippen molar-refractivity contribution in [3.63, 3.8) is 0 Å². The lowest BCUT2D eigenvalue weighted by Gasteiger charge is -2.38. The van der Waals surface area contributed by atoms with Gasteiger partial charge in [0, 0.05) is 5.54 Å². The van der Waals surface area contributed by atoms with Gasteiger partial charge in [-0.3, -0.25) is 0 Å². The largest absolute Gasteiger partial charge is 0.315 e. The van der Waals surface area contributed by atoms with E-state index in [2.05, 4.69) is 51.3 Å². The van der Waals surface area contributed by atoms with Crippen LogP contribution in [-0.2, 0) is 12.8 Å². The molecule has 1 aliphatic carbocycles. The standard InChI is InChI=1S/C15H23N/c1-11-6-5-7-12-8-9-13(10-14(11)12)15(2,3)16-4/h5-7,13,16H,8-10H2,1-4H3. The lowest BCUT2D eigenvalue weighted by Crippen LogP contribution is -2.46. The summed E-state index contributed by atoms with van der Waals surface area (Å²) in [5.41, 5.74) is 4.89. The molecule has 0 spiro atoms. The second-order valence-electron chi connectivity index (χ2n) is 5.62. The van der Waals surface area contributed by atoms with Crippen LogP contribution >= 0.6 is 0 Å². The van der Waals surface area contributed by atoms with Crippen LogP contribution in [0.2, 0.25) is 0 Å². The maximum absolute atomic E-state index is 3.46. The van der Waals surface area contributed by atoms with Gasteiger partial charge in [-0.05, 0) is 69.7 Å². The maximum atomic E-state index is 3.46. The SMILES string of the molecule is CNC(C)(C)C1CCc2cccc(C)c2C1. The van der Waals surface area contributed by atoms with Gasteiger partial charge in [-0.2, -0.15) is 0 Å². The van der Waals surface area contributed by atoms with E-state index in [0.717, 1.165) is 5.92 Å². The molecule has 1 unspecified atom stereocenters. The van der Waals surface area contributed by atoms with E-state index in [4.69, 9.17) is 0 Å². The molecule has 1 aromatic carbocycles. The van der Waals surface area contributed by atoms with E-state index in [0.29, 0.717) is 0 Å². The van der Waals surface area contributed by atoms with E-state index in [1.165, 1.54) is 24.8 Å². The van der Waals surface area contributed by atoms with Crippen LogP contribution in [0.25, 0.3) is 0 Å². The number of benzene rings is 1. The van der Waals surface area contributed by atoms with E-state index in [1.54, 1.807) is 11.1 Å². The zero-order valence-corrected chi connectivity index (χ0v) is 10.9. The van der Waals surface area contributed by atoms with Crippen LogP contribution < -0.4 is 5.32 Å². The maximum Gasteiger partial charge on any atom is 0.0153 e. The smallest absolute Gasteiger partial charge is 0.0153 e. The van der Waals surface area contributed by atoms with Crippen molar-refractivity contribution in [2.24, 2.45) is 5.92 Å². The number of nitrogens with one attached hydrogen (secondary N) is 1. The highest BCUT2D eigenvalue weighted by Crippen LogP contribution is 2.33. The minimum absolute atomic E-state index is 0.250. The Kier molecular flexibility index (Phi) is 3.07. The van der Waals surface area contributed by atoms with Gasteiger partial charge in [0.2, 0.25) is 0 Å². The van der Waals surface area contributed by atoms with E-state index < -0.39 is 0 Å². The van der Waals surface area contributed by atoms with Gasteiger partial charge < -0.3 is 5.32 Å². The van der Waals surface area contributed by atoms with Crippen LogP contribution in [0.15, 0.2) is 18.2 Å². The van der Waals surface area contributed by atoms with Gasteiger partial charge in [0.25, 0.3) is 0 Å². The molecule has 0 heterocycles. The average Bonchev–Trinajstić information content (AvgIpc) is 2.29. The van der Waals surface area contributed by atoms with Crippen LogP contribution in [0.3, 0.4) is 0 Å². The molecule has 0 radical (unpaired) electrons. The Hall–Kier alpha value is -0.820. The van der Waals surface area contributed by atoms with Crippen molar-refractivity contribution in [3.05, 3.63) is 34.9 Å². The molecule has 0 saturated carbocycles. The van der Waals surface area contributed by atoms with Gasteiger partial charge in [0.15, 0.2) is 0 Å². The fraction of sp³-hybridized carbons (Fsp3) is 0.600. The first kappa shape index (κ1) is 11.7. The normalized spacial score (nSPS) is 20.6. The number of hydrogen-bond acceptors (Lipinski definition) is 1. The molecule has 16 heavy (non-hydrogen) atoms. The van der Waals surface area contributed by atoms with Gasteiger partial charge >= 0.3 is 0 Å². The topological polar surface area (TPSA) is 12.0 Å². The Morgan fingerprint density at radius 2 is 2.06 bits per heavy atom. The van der Waals surface area contributed by atoms with Crippen molar-refractivity contribution < 1.29 is 0 Å². The van der Waals surface area contributed by atoms with Crippen LogP contribution in [0.5, 0.6) is 0 Å². The van der Waals surface area contributed by atoms with Gasteiger partial charge in [0.05, 0.1) is 0 Å². The first-order chi connectivity index (χ1) is 7.54. The quantitative estimate of drug-likeness (QED) is 0.802. The summed E-state index contributed by atoms with van der Waals surface area (Å²) in [6.45, 7) is 6.88. The molecule has 0 aliphatic heterocycles. The van der Waals surface area contributed by atoms with Crippen molar-refractivity contribution in [1.29, 1.82) is 0 Å². The highest BCUT2D eigenvalue weighted by Gasteiger charge is 2.31. The summed E-state index contributed by atoms with van der Waals surface area (Å²) in [5.74, 6) is 0.756. The molecule has 1 N–H and O–H groups in total. The molecule has 0 fully saturated rings. The molecular formula is C15H23N. The van der Waals surface area contributed by atoms with Gasteiger partial charge in [-0.15, -0.1) is 0 Å². The first-order valence-electron chi connectivity index (χ1n) is 6.31. The summed E-state index contributed by atoms with van der Waals surface area (Å²) in [6.07, 6.45) is 3.78. The molecule has 2 rings (SSSR count). The molecule has 1 heteroatoms. The predicted octanol–water partition coefficient (Wildman–Crippen LogP) is 3.10. The molecular weight excluding hydrogens is 194 g/mol. The third-order valence-corrected chi connectivity index (χ3v) is 4.38. The molecule has 1 nitrogen and oxygen atoms in total. The first-order valence-corrected chi connectivity index (χ1v) is 6.31. The van der Waals surface area contributed by atoms with Crippen molar-refractivity contribution in [2.75, 3.05) is 7.05 Å². The molecule has 1 aliphatic rings. The minimum atomic E-state index is 0.250. The van der Waals surface area contributed by atoms with E-state index in [1.807, 2.05) is 0 Å². The highest BCUT2D eigenvalue weighted by molar-refractivity contribution is 5.37. The summed E-state index contributed by atoms with van der Waals surface area (Å²) in [6, 6.07) is 6.73. The van der Waals surface area contributed by atoms with Crippen molar-refractivity contribution >= 4 is 0 Å². The van der Waals surface area contributed by atoms with Gasteiger partial charge in [-0.1, -0.05) is 18.2 Å². The second-order valence-corrected chi connectivity index (χ2v) is 5.62. The summed E-state index contributed by atoms with van der Waals surface area (Å²) in [4.78, 5) is 0. The van der Waals surface area contributed by atoms with Gasteiger partial charge in [-0.25, -0.2) is 0 Å². The van der Waals surface area contributed by atoms with Crippen LogP contribution in [0.4, 0.5) is 0 Å². The monoisotopic (exact) mass is 217 g/mol. The molecule has 1 atom stereocenters. The van der Waals surface area contributed by atoms with Gasteiger partial charge in [0.1, 0.15) is 0 Å². The summed E-state index contributed by atoms with van der Waals surface area (Å²) >= 11 is 0. The number of rotatable bonds is 2. The molecule has 0 saturated heterocycles. The molecule has 0 aromatic heterocycles. The average molecular weight is 217 g/mol. The summed E-state index contributed by atoms with van der Waals surface area (Å²) < 4.78 is 0. The lowest BCUT2D eigenvalue weighted by atomic mass is 9.73. The Balaban J connectivity index is 2.27. The Labute approximate surface area is 99.3 Å². The summed E-state index contributed by atoms with van der Waals surface area (Å²) in [7, 11) is 2.08. The van der Waals surface area contributed by atoms with E-state index in [-0.39, 0.29) is 5.54 Å². The van der Waals surface area contributed by atoms with Crippen LogP contribution in [0, 0.1) is 12.8 Å². The Morgan fingerprint density at radius 3 is 2.75 bits per heavy atom. The highest BCUT2D eigenvalue weighted by atomic mass is 14.9.